The fraction of sp³-hybridized carbons (Fsp3) is 0.211. The van der Waals surface area contributed by atoms with Crippen molar-refractivity contribution in [3.8, 4) is 17.6 Å². The molecule has 0 spiro atoms. The first-order valence-corrected chi connectivity index (χ1v) is 7.91. The van der Waals surface area contributed by atoms with Crippen LogP contribution < -0.4 is 14.8 Å². The van der Waals surface area contributed by atoms with Gasteiger partial charge in [-0.1, -0.05) is 11.2 Å². The van der Waals surface area contributed by atoms with Gasteiger partial charge in [0.15, 0.2) is 11.5 Å². The number of hydrogen-bond acceptors (Lipinski definition) is 6. The predicted molar refractivity (Wildman–Crippen MR) is 95.4 cm³/mol. The summed E-state index contributed by atoms with van der Waals surface area (Å²) in [7, 11) is 3.11. The fourth-order valence-electron chi connectivity index (χ4n) is 2.64. The van der Waals surface area contributed by atoms with Crippen molar-refractivity contribution >= 4 is 17.3 Å². The number of anilines is 1. The van der Waals surface area contributed by atoms with Gasteiger partial charge in [-0.25, -0.2) is 0 Å². The highest BCUT2D eigenvalue weighted by atomic mass is 16.6. The van der Waals surface area contributed by atoms with Crippen molar-refractivity contribution < 1.29 is 19.1 Å². The molecule has 3 rings (SSSR count). The molecule has 1 aliphatic rings. The summed E-state index contributed by atoms with van der Waals surface area (Å²) in [5.41, 5.74) is 2.45. The van der Waals surface area contributed by atoms with Crippen molar-refractivity contribution in [3.05, 3.63) is 53.6 Å². The summed E-state index contributed by atoms with van der Waals surface area (Å²) in [4.78, 5) is 17.7. The predicted octanol–water partition coefficient (Wildman–Crippen LogP) is 2.71. The zero-order valence-electron chi connectivity index (χ0n) is 14.4. The van der Waals surface area contributed by atoms with Gasteiger partial charge in [-0.15, -0.1) is 0 Å². The minimum absolute atomic E-state index is 0.310. The molecule has 132 valence electrons. The highest BCUT2D eigenvalue weighted by Crippen LogP contribution is 2.33. The van der Waals surface area contributed by atoms with E-state index in [9.17, 15) is 4.79 Å². The fourth-order valence-corrected chi connectivity index (χ4v) is 2.64. The van der Waals surface area contributed by atoms with Crippen molar-refractivity contribution in [2.24, 2.45) is 5.16 Å². The van der Waals surface area contributed by atoms with Crippen molar-refractivity contribution in [3.63, 3.8) is 0 Å². The van der Waals surface area contributed by atoms with Gasteiger partial charge >= 0.3 is 0 Å². The Morgan fingerprint density at radius 3 is 2.65 bits per heavy atom. The third-order valence-corrected chi connectivity index (χ3v) is 3.96. The number of nitriles is 1. The minimum atomic E-state index is -0.739. The molecule has 0 unspecified atom stereocenters. The van der Waals surface area contributed by atoms with E-state index in [1.807, 2.05) is 18.2 Å². The Kier molecular flexibility index (Phi) is 5.04. The van der Waals surface area contributed by atoms with E-state index >= 15 is 0 Å². The van der Waals surface area contributed by atoms with E-state index in [2.05, 4.69) is 10.5 Å². The number of ether oxygens (including phenoxy) is 2. The van der Waals surface area contributed by atoms with Crippen molar-refractivity contribution in [1.82, 2.24) is 0 Å². The maximum Gasteiger partial charge on any atom is 0.268 e. The van der Waals surface area contributed by atoms with Gasteiger partial charge in [-0.2, -0.15) is 5.26 Å². The molecular formula is C19H17N3O4. The summed E-state index contributed by atoms with van der Waals surface area (Å²) in [6.07, 6.45) is -0.428. The van der Waals surface area contributed by atoms with Crippen molar-refractivity contribution in [1.29, 1.82) is 5.26 Å². The lowest BCUT2D eigenvalue weighted by Gasteiger charge is -2.12. The molecule has 2 aromatic rings. The molecule has 0 aromatic heterocycles. The highest BCUT2D eigenvalue weighted by molar-refractivity contribution is 6.08. The average molecular weight is 351 g/mol. The number of carbonyl (C=O) groups is 1. The number of rotatable bonds is 5. The maximum atomic E-state index is 12.4. The second-order valence-corrected chi connectivity index (χ2v) is 5.56. The largest absolute Gasteiger partial charge is 0.493 e. The molecule has 0 bridgehead atoms. The first kappa shape index (κ1) is 17.3. The Bertz CT molecular complexity index is 885. The van der Waals surface area contributed by atoms with Crippen molar-refractivity contribution in [2.45, 2.75) is 12.5 Å². The molecule has 0 aliphatic carbocycles. The monoisotopic (exact) mass is 351 g/mol. The topological polar surface area (TPSA) is 92.9 Å². The number of para-hydroxylation sites is 1. The Morgan fingerprint density at radius 2 is 2.00 bits per heavy atom. The Hall–Kier alpha value is -3.53. The van der Waals surface area contributed by atoms with Crippen LogP contribution in [0.3, 0.4) is 0 Å². The minimum Gasteiger partial charge on any atom is -0.493 e. The van der Waals surface area contributed by atoms with Gasteiger partial charge in [0.1, 0.15) is 0 Å². The molecule has 1 atom stereocenters. The molecule has 0 saturated carbocycles. The van der Waals surface area contributed by atoms with E-state index in [-0.39, 0.29) is 5.91 Å². The Labute approximate surface area is 150 Å². The van der Waals surface area contributed by atoms with Crippen LogP contribution in [-0.2, 0) is 9.63 Å². The van der Waals surface area contributed by atoms with Crippen LogP contribution in [0.5, 0.6) is 11.5 Å². The first-order chi connectivity index (χ1) is 12.7. The summed E-state index contributed by atoms with van der Waals surface area (Å²) in [5, 5.41) is 15.6. The van der Waals surface area contributed by atoms with Crippen LogP contribution >= 0.6 is 0 Å². The van der Waals surface area contributed by atoms with E-state index in [4.69, 9.17) is 19.6 Å². The van der Waals surface area contributed by atoms with Gasteiger partial charge in [-0.05, 0) is 36.4 Å². The summed E-state index contributed by atoms with van der Waals surface area (Å²) in [6, 6.07) is 14.1. The summed E-state index contributed by atoms with van der Waals surface area (Å²) >= 11 is 0. The van der Waals surface area contributed by atoms with E-state index in [1.54, 1.807) is 44.6 Å². The number of oxime groups is 1. The first-order valence-electron chi connectivity index (χ1n) is 7.91. The summed E-state index contributed by atoms with van der Waals surface area (Å²) < 4.78 is 10.7. The Morgan fingerprint density at radius 1 is 1.23 bits per heavy atom. The van der Waals surface area contributed by atoms with Gasteiger partial charge in [0.2, 0.25) is 6.10 Å². The number of methoxy groups -OCH3 is 2. The Balaban J connectivity index is 1.70. The molecule has 1 aliphatic heterocycles. The van der Waals surface area contributed by atoms with Gasteiger partial charge in [0.05, 0.1) is 31.6 Å². The smallest absolute Gasteiger partial charge is 0.268 e. The third-order valence-electron chi connectivity index (χ3n) is 3.96. The molecular weight excluding hydrogens is 334 g/mol. The standard InChI is InChI=1S/C19H17N3O4/c1-24-16-5-3-4-14(18(16)25-2)15-10-17(26-22-15)19(23)21-13-8-6-12(11-20)7-9-13/h3-9,17H,10H2,1-2H3,(H,21,23)/t17-/m1/s1. The van der Waals surface area contributed by atoms with Crippen LogP contribution in [-0.4, -0.2) is 31.9 Å². The summed E-state index contributed by atoms with van der Waals surface area (Å²) in [6.45, 7) is 0. The summed E-state index contributed by atoms with van der Waals surface area (Å²) in [5.74, 6) is 0.819. The van der Waals surface area contributed by atoms with Gasteiger partial charge < -0.3 is 19.6 Å². The van der Waals surface area contributed by atoms with Crippen LogP contribution in [0.15, 0.2) is 47.6 Å². The molecule has 7 nitrogen and oxygen atoms in total. The lowest BCUT2D eigenvalue weighted by Crippen LogP contribution is -2.28. The number of carbonyl (C=O) groups excluding carboxylic acids is 1. The molecule has 7 heteroatoms. The molecule has 0 saturated heterocycles. The molecule has 1 amide bonds. The molecule has 1 N–H and O–H groups in total. The van der Waals surface area contributed by atoms with E-state index in [1.165, 1.54) is 0 Å². The molecule has 0 radical (unpaired) electrons. The van der Waals surface area contributed by atoms with Crippen LogP contribution in [0.1, 0.15) is 17.5 Å². The van der Waals surface area contributed by atoms with E-state index in [0.29, 0.717) is 34.9 Å². The quantitative estimate of drug-likeness (QED) is 0.894. The number of nitrogens with one attached hydrogen (secondary N) is 1. The average Bonchev–Trinajstić information content (AvgIpc) is 3.18. The SMILES string of the molecule is COc1cccc(C2=NO[C@@H](C(=O)Nc3ccc(C#N)cc3)C2)c1OC. The van der Waals surface area contributed by atoms with Crippen LogP contribution in [0.25, 0.3) is 0 Å². The van der Waals surface area contributed by atoms with Gasteiger partial charge in [0, 0.05) is 17.7 Å². The van der Waals surface area contributed by atoms with Crippen LogP contribution in [0, 0.1) is 11.3 Å². The second-order valence-electron chi connectivity index (χ2n) is 5.56. The third kappa shape index (κ3) is 3.44. The zero-order chi connectivity index (χ0) is 18.5. The van der Waals surface area contributed by atoms with E-state index in [0.717, 1.165) is 5.56 Å². The lowest BCUT2D eigenvalue weighted by molar-refractivity contribution is -0.125. The normalized spacial score (nSPS) is 15.4. The van der Waals surface area contributed by atoms with Gasteiger partial charge in [-0.3, -0.25) is 4.79 Å². The lowest BCUT2D eigenvalue weighted by atomic mass is 10.0. The number of nitrogens with zero attached hydrogens (tertiary/aromatic N) is 2. The van der Waals surface area contributed by atoms with Crippen LogP contribution in [0.4, 0.5) is 5.69 Å². The molecule has 0 fully saturated rings. The number of benzene rings is 2. The molecule has 2 aromatic carbocycles. The maximum absolute atomic E-state index is 12.4. The van der Waals surface area contributed by atoms with E-state index < -0.39 is 6.10 Å². The highest BCUT2D eigenvalue weighted by Gasteiger charge is 2.30. The number of amides is 1. The molecule has 1 heterocycles. The van der Waals surface area contributed by atoms with Gasteiger partial charge in [0.25, 0.3) is 5.91 Å². The molecule has 26 heavy (non-hydrogen) atoms. The zero-order valence-corrected chi connectivity index (χ0v) is 14.4. The van der Waals surface area contributed by atoms with Crippen molar-refractivity contribution in [2.75, 3.05) is 19.5 Å². The number of hydrogen-bond donors (Lipinski definition) is 1. The van der Waals surface area contributed by atoms with Crippen LogP contribution in [0.2, 0.25) is 0 Å². The second kappa shape index (κ2) is 7.57.